The van der Waals surface area contributed by atoms with E-state index in [2.05, 4.69) is 35.9 Å². The predicted molar refractivity (Wildman–Crippen MR) is 124 cm³/mol. The number of unbranched alkanes of at least 4 members (excludes halogenated alkanes) is 5. The van der Waals surface area contributed by atoms with Gasteiger partial charge in [0.25, 0.3) is 0 Å². The fraction of sp³-hybridized carbons (Fsp3) is 1.00. The number of hydrogen-bond acceptors (Lipinski definition) is 3. The maximum absolute atomic E-state index is 3.55. The normalized spacial score (nSPS) is 21.1. The second kappa shape index (κ2) is 14.0. The molecule has 2 rings (SSSR count). The maximum atomic E-state index is 3.55. The first-order valence-electron chi connectivity index (χ1n) is 12.9. The highest BCUT2D eigenvalue weighted by molar-refractivity contribution is 4.98. The first kappa shape index (κ1) is 24.2. The van der Waals surface area contributed by atoms with Crippen LogP contribution in [0.2, 0.25) is 0 Å². The highest BCUT2D eigenvalue weighted by Crippen LogP contribution is 2.40. The van der Waals surface area contributed by atoms with Crippen LogP contribution in [0.15, 0.2) is 0 Å². The molecule has 0 aromatic heterocycles. The van der Waals surface area contributed by atoms with E-state index in [1.807, 2.05) is 0 Å². The van der Waals surface area contributed by atoms with E-state index < -0.39 is 0 Å². The van der Waals surface area contributed by atoms with Crippen molar-refractivity contribution in [3.63, 3.8) is 0 Å². The van der Waals surface area contributed by atoms with E-state index in [9.17, 15) is 0 Å². The Bertz CT molecular complexity index is 368. The van der Waals surface area contributed by atoms with Gasteiger partial charge in [-0.1, -0.05) is 65.7 Å². The summed E-state index contributed by atoms with van der Waals surface area (Å²) in [6.07, 6.45) is 17.0. The summed E-state index contributed by atoms with van der Waals surface area (Å²) in [6.45, 7) is 17.4. The monoisotopic (exact) mass is 393 g/mol. The Morgan fingerprint density at radius 3 is 2.04 bits per heavy atom. The maximum Gasteiger partial charge on any atom is 0.0107 e. The van der Waals surface area contributed by atoms with Gasteiger partial charge in [-0.05, 0) is 63.1 Å². The van der Waals surface area contributed by atoms with Gasteiger partial charge in [0.2, 0.25) is 0 Å². The molecule has 0 radical (unpaired) electrons. The molecular weight excluding hydrogens is 342 g/mol. The molecular formula is C25H51N3. The summed E-state index contributed by atoms with van der Waals surface area (Å²) in [5.74, 6) is 0.958. The second-order valence-corrected chi connectivity index (χ2v) is 9.97. The van der Waals surface area contributed by atoms with Gasteiger partial charge < -0.3 is 15.1 Å². The molecule has 28 heavy (non-hydrogen) atoms. The Morgan fingerprint density at radius 2 is 1.39 bits per heavy atom. The molecule has 3 heteroatoms. The number of hydrogen-bond donors (Lipinski definition) is 1. The summed E-state index contributed by atoms with van der Waals surface area (Å²) in [5.41, 5.74) is 0.681. The summed E-state index contributed by atoms with van der Waals surface area (Å²) in [4.78, 5) is 5.51. The molecule has 1 N–H and O–H groups in total. The van der Waals surface area contributed by atoms with E-state index in [1.54, 1.807) is 0 Å². The Balaban J connectivity index is 1.63. The molecule has 0 amide bonds. The molecule has 1 unspecified atom stereocenters. The van der Waals surface area contributed by atoms with Gasteiger partial charge in [-0.2, -0.15) is 0 Å². The van der Waals surface area contributed by atoms with Crippen LogP contribution in [-0.4, -0.2) is 62.2 Å². The minimum atomic E-state index is 0.681. The molecule has 0 saturated carbocycles. The number of nitrogens with zero attached hydrogens (tertiary/aromatic N) is 2. The lowest BCUT2D eigenvalue weighted by molar-refractivity contribution is -0.0478. The average Bonchev–Trinajstić information content (AvgIpc) is 2.68. The molecule has 2 aliphatic heterocycles. The first-order valence-corrected chi connectivity index (χ1v) is 12.9. The van der Waals surface area contributed by atoms with E-state index >= 15 is 0 Å². The van der Waals surface area contributed by atoms with Gasteiger partial charge in [0.15, 0.2) is 0 Å². The van der Waals surface area contributed by atoms with Crippen LogP contribution in [-0.2, 0) is 0 Å². The van der Waals surface area contributed by atoms with E-state index in [0.717, 1.165) is 5.92 Å². The first-order chi connectivity index (χ1) is 13.7. The van der Waals surface area contributed by atoms with Crippen molar-refractivity contribution in [3.05, 3.63) is 0 Å². The van der Waals surface area contributed by atoms with Crippen LogP contribution in [0, 0.1) is 11.3 Å². The quantitative estimate of drug-likeness (QED) is 0.347. The van der Waals surface area contributed by atoms with Crippen LogP contribution in [0.25, 0.3) is 0 Å². The molecule has 1 spiro atoms. The van der Waals surface area contributed by atoms with E-state index in [-0.39, 0.29) is 0 Å². The highest BCUT2D eigenvalue weighted by atomic mass is 15.2. The Kier molecular flexibility index (Phi) is 12.1. The van der Waals surface area contributed by atoms with Crippen LogP contribution in [0.4, 0.5) is 0 Å². The molecule has 0 bridgehead atoms. The molecule has 0 aromatic rings. The fourth-order valence-corrected chi connectivity index (χ4v) is 5.36. The van der Waals surface area contributed by atoms with Gasteiger partial charge in [-0.25, -0.2) is 0 Å². The molecule has 166 valence electrons. The van der Waals surface area contributed by atoms with Crippen molar-refractivity contribution >= 4 is 0 Å². The van der Waals surface area contributed by atoms with Crippen molar-refractivity contribution in [1.29, 1.82) is 0 Å². The standard InChI is InChI=1S/C25H51N3/c1-4-7-9-11-13-24(12-10-8-5-2)21-27-18-14-25(15-19-27)22-28(23-25)20-17-26-16-6-3/h24,26H,4-23H2,1-3H3. The van der Waals surface area contributed by atoms with Crippen LogP contribution in [0.3, 0.4) is 0 Å². The van der Waals surface area contributed by atoms with Gasteiger partial charge >= 0.3 is 0 Å². The number of likely N-dealkylation sites (tertiary alicyclic amines) is 2. The third-order valence-electron chi connectivity index (χ3n) is 7.26. The molecule has 2 aliphatic rings. The van der Waals surface area contributed by atoms with Gasteiger partial charge in [0, 0.05) is 32.7 Å². The molecule has 0 aliphatic carbocycles. The summed E-state index contributed by atoms with van der Waals surface area (Å²) < 4.78 is 0. The number of piperidine rings is 1. The third-order valence-corrected chi connectivity index (χ3v) is 7.26. The van der Waals surface area contributed by atoms with Crippen LogP contribution in [0.1, 0.15) is 97.8 Å². The minimum absolute atomic E-state index is 0.681. The summed E-state index contributed by atoms with van der Waals surface area (Å²) in [5, 5.41) is 3.55. The van der Waals surface area contributed by atoms with Gasteiger partial charge in [0.05, 0.1) is 0 Å². The lowest BCUT2D eigenvalue weighted by atomic mass is 9.72. The zero-order chi connectivity index (χ0) is 20.1. The summed E-state index contributed by atoms with van der Waals surface area (Å²) in [7, 11) is 0. The van der Waals surface area contributed by atoms with Crippen molar-refractivity contribution in [2.24, 2.45) is 11.3 Å². The van der Waals surface area contributed by atoms with E-state index in [4.69, 9.17) is 0 Å². The molecule has 3 nitrogen and oxygen atoms in total. The lowest BCUT2D eigenvalue weighted by Gasteiger charge is -2.54. The molecule has 2 heterocycles. The van der Waals surface area contributed by atoms with Crippen molar-refractivity contribution in [2.45, 2.75) is 97.8 Å². The Morgan fingerprint density at radius 1 is 0.750 bits per heavy atom. The minimum Gasteiger partial charge on any atom is -0.315 e. The Hall–Kier alpha value is -0.120. The van der Waals surface area contributed by atoms with Gasteiger partial charge in [0.1, 0.15) is 0 Å². The Labute approximate surface area is 177 Å². The van der Waals surface area contributed by atoms with Gasteiger partial charge in [-0.15, -0.1) is 0 Å². The fourth-order valence-electron chi connectivity index (χ4n) is 5.36. The summed E-state index contributed by atoms with van der Waals surface area (Å²) >= 11 is 0. The van der Waals surface area contributed by atoms with Crippen LogP contribution in [0.5, 0.6) is 0 Å². The zero-order valence-electron chi connectivity index (χ0n) is 19.6. The highest BCUT2D eigenvalue weighted by Gasteiger charge is 2.44. The second-order valence-electron chi connectivity index (χ2n) is 9.97. The topological polar surface area (TPSA) is 18.5 Å². The molecule has 2 fully saturated rings. The number of nitrogens with one attached hydrogen (secondary N) is 1. The zero-order valence-corrected chi connectivity index (χ0v) is 19.6. The molecule has 2 saturated heterocycles. The number of rotatable bonds is 16. The third kappa shape index (κ3) is 8.71. The smallest absolute Gasteiger partial charge is 0.0107 e. The largest absolute Gasteiger partial charge is 0.315 e. The molecule has 1 atom stereocenters. The van der Waals surface area contributed by atoms with Crippen LogP contribution >= 0.6 is 0 Å². The van der Waals surface area contributed by atoms with Crippen molar-refractivity contribution in [1.82, 2.24) is 15.1 Å². The lowest BCUT2D eigenvalue weighted by Crippen LogP contribution is -2.61. The predicted octanol–water partition coefficient (Wildman–Crippen LogP) is 5.55. The van der Waals surface area contributed by atoms with Crippen molar-refractivity contribution < 1.29 is 0 Å². The van der Waals surface area contributed by atoms with Crippen LogP contribution < -0.4 is 5.32 Å². The summed E-state index contributed by atoms with van der Waals surface area (Å²) in [6, 6.07) is 0. The van der Waals surface area contributed by atoms with E-state index in [1.165, 1.54) is 129 Å². The average molecular weight is 394 g/mol. The van der Waals surface area contributed by atoms with Crippen molar-refractivity contribution in [2.75, 3.05) is 52.4 Å². The van der Waals surface area contributed by atoms with E-state index in [0.29, 0.717) is 5.41 Å². The molecule has 0 aromatic carbocycles. The SMILES string of the molecule is CCCCCCC(CCCCC)CN1CCC2(CC1)CN(CCNCCC)C2. The van der Waals surface area contributed by atoms with Crippen molar-refractivity contribution in [3.8, 4) is 0 Å². The van der Waals surface area contributed by atoms with Gasteiger partial charge in [-0.3, -0.25) is 0 Å².